The van der Waals surface area contributed by atoms with Gasteiger partial charge in [0, 0.05) is 21.9 Å². The Morgan fingerprint density at radius 3 is 2.78 bits per heavy atom. The molecular formula is C15H18BrNS. The fourth-order valence-corrected chi connectivity index (χ4v) is 3.27. The quantitative estimate of drug-likeness (QED) is 0.836. The first-order valence-corrected chi connectivity index (χ1v) is 7.81. The molecule has 0 unspecified atom stereocenters. The van der Waals surface area contributed by atoms with Crippen molar-refractivity contribution < 1.29 is 0 Å². The number of aryl methyl sites for hydroxylation is 1. The molecule has 1 aromatic carbocycles. The van der Waals surface area contributed by atoms with E-state index in [-0.39, 0.29) is 0 Å². The van der Waals surface area contributed by atoms with Gasteiger partial charge in [0.25, 0.3) is 0 Å². The van der Waals surface area contributed by atoms with E-state index in [1.807, 2.05) is 11.3 Å². The maximum atomic E-state index is 3.55. The maximum Gasteiger partial charge on any atom is 0.0222 e. The SMILES string of the molecule is Cc1scc(CNC(C)C)c1-c1cccc(Br)c1. The predicted octanol–water partition coefficient (Wildman–Crippen LogP) is 4.98. The van der Waals surface area contributed by atoms with E-state index in [0.29, 0.717) is 6.04 Å². The molecule has 0 atom stereocenters. The molecule has 0 saturated heterocycles. The molecule has 3 heteroatoms. The molecule has 1 nitrogen and oxygen atoms in total. The molecule has 0 radical (unpaired) electrons. The minimum atomic E-state index is 0.514. The number of hydrogen-bond donors (Lipinski definition) is 1. The first-order chi connectivity index (χ1) is 8.58. The van der Waals surface area contributed by atoms with Gasteiger partial charge in [0.2, 0.25) is 0 Å². The van der Waals surface area contributed by atoms with Crippen LogP contribution in [-0.4, -0.2) is 6.04 Å². The van der Waals surface area contributed by atoms with Gasteiger partial charge in [0.15, 0.2) is 0 Å². The first kappa shape index (κ1) is 13.8. The van der Waals surface area contributed by atoms with Crippen LogP contribution in [0.3, 0.4) is 0 Å². The Hall–Kier alpha value is -0.640. The predicted molar refractivity (Wildman–Crippen MR) is 84.2 cm³/mol. The van der Waals surface area contributed by atoms with Crippen molar-refractivity contribution in [2.24, 2.45) is 0 Å². The van der Waals surface area contributed by atoms with Gasteiger partial charge in [-0.05, 0) is 41.1 Å². The average Bonchev–Trinajstić information content (AvgIpc) is 2.68. The van der Waals surface area contributed by atoms with Crippen LogP contribution in [0.2, 0.25) is 0 Å². The fourth-order valence-electron chi connectivity index (χ4n) is 1.98. The summed E-state index contributed by atoms with van der Waals surface area (Å²) >= 11 is 5.37. The van der Waals surface area contributed by atoms with Crippen molar-refractivity contribution >= 4 is 27.3 Å². The Kier molecular flexibility index (Phi) is 4.60. The molecule has 0 saturated carbocycles. The summed E-state index contributed by atoms with van der Waals surface area (Å²) in [5, 5.41) is 5.76. The Morgan fingerprint density at radius 1 is 1.33 bits per heavy atom. The minimum absolute atomic E-state index is 0.514. The molecule has 0 aliphatic carbocycles. The molecule has 0 amide bonds. The number of benzene rings is 1. The lowest BCUT2D eigenvalue weighted by Crippen LogP contribution is -2.21. The number of halogens is 1. The summed E-state index contributed by atoms with van der Waals surface area (Å²) in [6.45, 7) is 7.49. The summed E-state index contributed by atoms with van der Waals surface area (Å²) < 4.78 is 1.13. The molecule has 0 aliphatic rings. The second kappa shape index (κ2) is 6.00. The third-order valence-electron chi connectivity index (χ3n) is 2.87. The van der Waals surface area contributed by atoms with Crippen molar-refractivity contribution in [3.8, 4) is 11.1 Å². The normalized spacial score (nSPS) is 11.2. The van der Waals surface area contributed by atoms with Gasteiger partial charge >= 0.3 is 0 Å². The Morgan fingerprint density at radius 2 is 2.11 bits per heavy atom. The van der Waals surface area contributed by atoms with E-state index in [2.05, 4.69) is 71.7 Å². The third kappa shape index (κ3) is 3.22. The van der Waals surface area contributed by atoms with Gasteiger partial charge in [-0.3, -0.25) is 0 Å². The van der Waals surface area contributed by atoms with Crippen LogP contribution >= 0.6 is 27.3 Å². The van der Waals surface area contributed by atoms with Crippen LogP contribution in [0.4, 0.5) is 0 Å². The third-order valence-corrected chi connectivity index (χ3v) is 4.32. The molecule has 2 aromatic rings. The zero-order valence-corrected chi connectivity index (χ0v) is 13.4. The van der Waals surface area contributed by atoms with E-state index in [1.54, 1.807) is 0 Å². The molecule has 0 aliphatic heterocycles. The van der Waals surface area contributed by atoms with Gasteiger partial charge in [0.05, 0.1) is 0 Å². The summed E-state index contributed by atoms with van der Waals surface area (Å²) in [5.41, 5.74) is 4.07. The van der Waals surface area contributed by atoms with Crippen molar-refractivity contribution in [1.29, 1.82) is 0 Å². The fraction of sp³-hybridized carbons (Fsp3) is 0.333. The molecule has 96 valence electrons. The van der Waals surface area contributed by atoms with Gasteiger partial charge in [-0.25, -0.2) is 0 Å². The lowest BCUT2D eigenvalue weighted by molar-refractivity contribution is 0.590. The van der Waals surface area contributed by atoms with Gasteiger partial charge in [0.1, 0.15) is 0 Å². The van der Waals surface area contributed by atoms with E-state index >= 15 is 0 Å². The van der Waals surface area contributed by atoms with Crippen molar-refractivity contribution in [1.82, 2.24) is 5.32 Å². The number of hydrogen-bond acceptors (Lipinski definition) is 2. The molecule has 0 fully saturated rings. The highest BCUT2D eigenvalue weighted by molar-refractivity contribution is 9.10. The highest BCUT2D eigenvalue weighted by Crippen LogP contribution is 2.33. The molecule has 1 aromatic heterocycles. The van der Waals surface area contributed by atoms with E-state index in [1.165, 1.54) is 21.6 Å². The monoisotopic (exact) mass is 323 g/mol. The maximum absolute atomic E-state index is 3.55. The van der Waals surface area contributed by atoms with Gasteiger partial charge in [-0.1, -0.05) is 41.9 Å². The standard InChI is InChI=1S/C15H18BrNS/c1-10(2)17-8-13-9-18-11(3)15(13)12-5-4-6-14(16)7-12/h4-7,9-10,17H,8H2,1-3H3. The van der Waals surface area contributed by atoms with Crippen LogP contribution in [0.15, 0.2) is 34.1 Å². The largest absolute Gasteiger partial charge is 0.310 e. The first-order valence-electron chi connectivity index (χ1n) is 6.14. The lowest BCUT2D eigenvalue weighted by atomic mass is 10.0. The second-order valence-corrected chi connectivity index (χ2v) is 6.74. The van der Waals surface area contributed by atoms with Crippen molar-refractivity contribution in [3.63, 3.8) is 0 Å². The molecule has 2 rings (SSSR count). The van der Waals surface area contributed by atoms with Crippen LogP contribution in [0.5, 0.6) is 0 Å². The molecule has 1 N–H and O–H groups in total. The number of rotatable bonds is 4. The highest BCUT2D eigenvalue weighted by Gasteiger charge is 2.11. The van der Waals surface area contributed by atoms with E-state index in [9.17, 15) is 0 Å². The lowest BCUT2D eigenvalue weighted by Gasteiger charge is -2.10. The van der Waals surface area contributed by atoms with Gasteiger partial charge in [-0.15, -0.1) is 11.3 Å². The molecule has 18 heavy (non-hydrogen) atoms. The Balaban J connectivity index is 2.34. The number of nitrogens with one attached hydrogen (secondary N) is 1. The highest BCUT2D eigenvalue weighted by atomic mass is 79.9. The summed E-state index contributed by atoms with van der Waals surface area (Å²) in [4.78, 5) is 1.38. The average molecular weight is 324 g/mol. The topological polar surface area (TPSA) is 12.0 Å². The molecule has 0 spiro atoms. The summed E-state index contributed by atoms with van der Waals surface area (Å²) in [6, 6.07) is 9.04. The second-order valence-electron chi connectivity index (χ2n) is 4.74. The van der Waals surface area contributed by atoms with Crippen molar-refractivity contribution in [2.75, 3.05) is 0 Å². The summed E-state index contributed by atoms with van der Waals surface area (Å²) in [6.07, 6.45) is 0. The summed E-state index contributed by atoms with van der Waals surface area (Å²) in [7, 11) is 0. The van der Waals surface area contributed by atoms with E-state index < -0.39 is 0 Å². The smallest absolute Gasteiger partial charge is 0.0222 e. The molecular weight excluding hydrogens is 306 g/mol. The Labute approximate surface area is 121 Å². The zero-order valence-electron chi connectivity index (χ0n) is 11.0. The van der Waals surface area contributed by atoms with Gasteiger partial charge < -0.3 is 5.32 Å². The summed E-state index contributed by atoms with van der Waals surface area (Å²) in [5.74, 6) is 0. The van der Waals surface area contributed by atoms with Crippen molar-refractivity contribution in [3.05, 3.63) is 44.6 Å². The molecule has 1 heterocycles. The van der Waals surface area contributed by atoms with Crippen LogP contribution < -0.4 is 5.32 Å². The van der Waals surface area contributed by atoms with Crippen LogP contribution in [0, 0.1) is 6.92 Å². The Bertz CT molecular complexity index is 531. The van der Waals surface area contributed by atoms with Crippen LogP contribution in [0.1, 0.15) is 24.3 Å². The van der Waals surface area contributed by atoms with Crippen LogP contribution in [-0.2, 0) is 6.54 Å². The van der Waals surface area contributed by atoms with Crippen LogP contribution in [0.25, 0.3) is 11.1 Å². The van der Waals surface area contributed by atoms with Crippen molar-refractivity contribution in [2.45, 2.75) is 33.4 Å². The number of thiophene rings is 1. The molecule has 0 bridgehead atoms. The minimum Gasteiger partial charge on any atom is -0.310 e. The van der Waals surface area contributed by atoms with Gasteiger partial charge in [-0.2, -0.15) is 0 Å². The van der Waals surface area contributed by atoms with E-state index in [0.717, 1.165) is 11.0 Å². The zero-order chi connectivity index (χ0) is 13.1. The van der Waals surface area contributed by atoms with E-state index in [4.69, 9.17) is 0 Å².